The zero-order valence-electron chi connectivity index (χ0n) is 15.5. The minimum Gasteiger partial charge on any atom is -0.368 e. The van der Waals surface area contributed by atoms with E-state index in [1.54, 1.807) is 0 Å². The van der Waals surface area contributed by atoms with Crippen LogP contribution in [0.5, 0.6) is 0 Å². The Morgan fingerprint density at radius 1 is 1.04 bits per heavy atom. The second kappa shape index (κ2) is 7.89. The average Bonchev–Trinajstić information content (AvgIpc) is 3.18. The topological polar surface area (TPSA) is 47.6 Å². The van der Waals surface area contributed by atoms with Gasteiger partial charge in [0.05, 0.1) is 0 Å². The van der Waals surface area contributed by atoms with Crippen molar-refractivity contribution in [2.75, 3.05) is 31.1 Å². The Morgan fingerprint density at radius 3 is 2.56 bits per heavy atom. The monoisotopic (exact) mass is 384 g/mol. The number of anilines is 1. The molecule has 2 atom stereocenters. The Bertz CT molecular complexity index is 819. The Kier molecular flexibility index (Phi) is 5.34. The largest absolute Gasteiger partial charge is 0.368 e. The van der Waals surface area contributed by atoms with Gasteiger partial charge in [-0.3, -0.25) is 4.79 Å². The van der Waals surface area contributed by atoms with Gasteiger partial charge in [0, 0.05) is 42.9 Å². The fourth-order valence-corrected chi connectivity index (χ4v) is 4.09. The quantitative estimate of drug-likeness (QED) is 0.854. The number of hydrogen-bond donors (Lipinski definition) is 2. The molecule has 2 fully saturated rings. The number of rotatable bonds is 3. The molecule has 2 unspecified atom stereocenters. The van der Waals surface area contributed by atoms with Crippen molar-refractivity contribution >= 4 is 23.2 Å². The standard InChI is InChI=1S/C21H25ClN4O/c1-15-4-2-7-18(12-15)25-8-10-26(11-9-25)21(27)20-14-19(23-24-20)16-5-3-6-17(22)13-16/h2-7,12-13,19-20,23-24H,8-11,14H2,1H3. The predicted molar refractivity (Wildman–Crippen MR) is 109 cm³/mol. The summed E-state index contributed by atoms with van der Waals surface area (Å²) >= 11 is 6.09. The van der Waals surface area contributed by atoms with Gasteiger partial charge in [-0.15, -0.1) is 0 Å². The number of hydrazine groups is 1. The Hall–Kier alpha value is -2.08. The van der Waals surface area contributed by atoms with E-state index in [0.29, 0.717) is 0 Å². The summed E-state index contributed by atoms with van der Waals surface area (Å²) in [6.07, 6.45) is 0.733. The number of carbonyl (C=O) groups is 1. The van der Waals surface area contributed by atoms with Crippen LogP contribution in [0.1, 0.15) is 23.6 Å². The molecule has 0 aliphatic carbocycles. The van der Waals surface area contributed by atoms with Crippen LogP contribution in [0.25, 0.3) is 0 Å². The van der Waals surface area contributed by atoms with Crippen LogP contribution in [0.4, 0.5) is 5.69 Å². The van der Waals surface area contributed by atoms with E-state index >= 15 is 0 Å². The van der Waals surface area contributed by atoms with Crippen molar-refractivity contribution in [2.24, 2.45) is 0 Å². The molecule has 2 heterocycles. The highest BCUT2D eigenvalue weighted by molar-refractivity contribution is 6.30. The summed E-state index contributed by atoms with van der Waals surface area (Å²) in [7, 11) is 0. The van der Waals surface area contributed by atoms with Crippen molar-refractivity contribution in [1.82, 2.24) is 15.8 Å². The highest BCUT2D eigenvalue weighted by Crippen LogP contribution is 2.26. The number of benzene rings is 2. The molecule has 27 heavy (non-hydrogen) atoms. The van der Waals surface area contributed by atoms with Gasteiger partial charge in [-0.25, -0.2) is 10.9 Å². The van der Waals surface area contributed by atoms with Gasteiger partial charge in [0.1, 0.15) is 6.04 Å². The smallest absolute Gasteiger partial charge is 0.241 e. The van der Waals surface area contributed by atoms with E-state index in [9.17, 15) is 4.79 Å². The molecular weight excluding hydrogens is 360 g/mol. The molecule has 2 aromatic rings. The lowest BCUT2D eigenvalue weighted by atomic mass is 10.0. The van der Waals surface area contributed by atoms with Gasteiger partial charge < -0.3 is 9.80 Å². The van der Waals surface area contributed by atoms with Gasteiger partial charge in [-0.05, 0) is 48.7 Å². The number of nitrogens with one attached hydrogen (secondary N) is 2. The molecule has 0 saturated carbocycles. The van der Waals surface area contributed by atoms with Crippen LogP contribution in [0.15, 0.2) is 48.5 Å². The summed E-state index contributed by atoms with van der Waals surface area (Å²) in [4.78, 5) is 17.3. The zero-order valence-corrected chi connectivity index (χ0v) is 16.2. The molecule has 0 bridgehead atoms. The lowest BCUT2D eigenvalue weighted by molar-refractivity contribution is -0.133. The van der Waals surface area contributed by atoms with E-state index in [2.05, 4.69) is 46.9 Å². The van der Waals surface area contributed by atoms with Crippen LogP contribution in [-0.4, -0.2) is 43.0 Å². The Labute approximate surface area is 165 Å². The number of amides is 1. The van der Waals surface area contributed by atoms with Crippen molar-refractivity contribution in [3.8, 4) is 0 Å². The van der Waals surface area contributed by atoms with E-state index in [0.717, 1.165) is 43.2 Å². The maximum absolute atomic E-state index is 12.9. The first-order valence-electron chi connectivity index (χ1n) is 9.47. The normalized spacial score (nSPS) is 22.9. The van der Waals surface area contributed by atoms with Gasteiger partial charge in [0.25, 0.3) is 0 Å². The minimum atomic E-state index is -0.195. The van der Waals surface area contributed by atoms with Crippen LogP contribution in [0, 0.1) is 6.92 Å². The molecule has 2 aromatic carbocycles. The summed E-state index contributed by atoms with van der Waals surface area (Å²) in [6.45, 7) is 5.36. The number of halogens is 1. The van der Waals surface area contributed by atoms with Crippen LogP contribution < -0.4 is 15.8 Å². The number of aryl methyl sites for hydroxylation is 1. The zero-order chi connectivity index (χ0) is 18.8. The third-order valence-corrected chi connectivity index (χ3v) is 5.65. The molecule has 2 aliphatic heterocycles. The first-order valence-corrected chi connectivity index (χ1v) is 9.85. The third-order valence-electron chi connectivity index (χ3n) is 5.41. The maximum Gasteiger partial charge on any atom is 0.241 e. The van der Waals surface area contributed by atoms with Gasteiger partial charge >= 0.3 is 0 Å². The number of carbonyl (C=O) groups excluding carboxylic acids is 1. The molecule has 2 saturated heterocycles. The van der Waals surface area contributed by atoms with E-state index in [4.69, 9.17) is 11.6 Å². The molecule has 5 nitrogen and oxygen atoms in total. The fraction of sp³-hybridized carbons (Fsp3) is 0.381. The maximum atomic E-state index is 12.9. The van der Waals surface area contributed by atoms with Crippen molar-refractivity contribution in [3.05, 3.63) is 64.7 Å². The summed E-state index contributed by atoms with van der Waals surface area (Å²) in [6, 6.07) is 16.3. The van der Waals surface area contributed by atoms with Gasteiger partial charge in [0.15, 0.2) is 0 Å². The lowest BCUT2D eigenvalue weighted by Crippen LogP contribution is -2.53. The molecule has 2 N–H and O–H groups in total. The van der Waals surface area contributed by atoms with Crippen LogP contribution in [0.3, 0.4) is 0 Å². The number of nitrogens with zero attached hydrogens (tertiary/aromatic N) is 2. The van der Waals surface area contributed by atoms with E-state index in [1.165, 1.54) is 11.3 Å². The van der Waals surface area contributed by atoms with Crippen LogP contribution in [0.2, 0.25) is 5.02 Å². The number of piperazine rings is 1. The highest BCUT2D eigenvalue weighted by Gasteiger charge is 2.34. The van der Waals surface area contributed by atoms with Gasteiger partial charge in [-0.1, -0.05) is 35.9 Å². The molecule has 0 spiro atoms. The fourth-order valence-electron chi connectivity index (χ4n) is 3.89. The molecule has 1 amide bonds. The van der Waals surface area contributed by atoms with Crippen molar-refractivity contribution in [3.63, 3.8) is 0 Å². The van der Waals surface area contributed by atoms with Crippen LogP contribution in [-0.2, 0) is 4.79 Å². The third kappa shape index (κ3) is 4.10. The average molecular weight is 385 g/mol. The second-order valence-electron chi connectivity index (χ2n) is 7.34. The van der Waals surface area contributed by atoms with E-state index < -0.39 is 0 Å². The molecule has 4 rings (SSSR count). The number of hydrogen-bond acceptors (Lipinski definition) is 4. The Balaban J connectivity index is 1.33. The van der Waals surface area contributed by atoms with Crippen molar-refractivity contribution in [1.29, 1.82) is 0 Å². The molecule has 2 aliphatic rings. The summed E-state index contributed by atoms with van der Waals surface area (Å²) in [5.41, 5.74) is 10.0. The molecule has 0 radical (unpaired) electrons. The molecule has 6 heteroatoms. The molecule has 0 aromatic heterocycles. The predicted octanol–water partition coefficient (Wildman–Crippen LogP) is 2.90. The summed E-state index contributed by atoms with van der Waals surface area (Å²) < 4.78 is 0. The minimum absolute atomic E-state index is 0.103. The first-order chi connectivity index (χ1) is 13.1. The summed E-state index contributed by atoms with van der Waals surface area (Å²) in [5.74, 6) is 0.177. The Morgan fingerprint density at radius 2 is 1.81 bits per heavy atom. The lowest BCUT2D eigenvalue weighted by Gasteiger charge is -2.37. The first kappa shape index (κ1) is 18.3. The van der Waals surface area contributed by atoms with Crippen LogP contribution >= 0.6 is 11.6 Å². The SMILES string of the molecule is Cc1cccc(N2CCN(C(=O)C3CC(c4cccc(Cl)c4)NN3)CC2)c1. The highest BCUT2D eigenvalue weighted by atomic mass is 35.5. The van der Waals surface area contributed by atoms with E-state index in [-0.39, 0.29) is 18.0 Å². The molecule has 142 valence electrons. The van der Waals surface area contributed by atoms with Gasteiger partial charge in [0.2, 0.25) is 5.91 Å². The van der Waals surface area contributed by atoms with E-state index in [1.807, 2.05) is 29.2 Å². The second-order valence-corrected chi connectivity index (χ2v) is 7.77. The summed E-state index contributed by atoms with van der Waals surface area (Å²) in [5, 5.41) is 0.719. The van der Waals surface area contributed by atoms with Gasteiger partial charge in [-0.2, -0.15) is 0 Å². The van der Waals surface area contributed by atoms with Crippen molar-refractivity contribution < 1.29 is 4.79 Å². The molecular formula is C21H25ClN4O. The van der Waals surface area contributed by atoms with Crippen molar-refractivity contribution in [2.45, 2.75) is 25.4 Å².